The fourth-order valence-corrected chi connectivity index (χ4v) is 10.7. The number of unbranched alkanes of at least 4 members (excludes halogenated alkanes) is 36. The van der Waals surface area contributed by atoms with E-state index in [1.54, 1.807) is 6.08 Å². The zero-order valence-corrected chi connectivity index (χ0v) is 54.3. The Morgan fingerprint density at radius 3 is 1.25 bits per heavy atom. The second-order valence-electron chi connectivity index (χ2n) is 24.3. The van der Waals surface area contributed by atoms with Crippen molar-refractivity contribution in [3.8, 4) is 0 Å². The van der Waals surface area contributed by atoms with Gasteiger partial charge >= 0.3 is 5.97 Å². The zero-order chi connectivity index (χ0) is 61.0. The van der Waals surface area contributed by atoms with Gasteiger partial charge in [-0.2, -0.15) is 0 Å². The molecule has 1 saturated heterocycles. The van der Waals surface area contributed by atoms with Gasteiger partial charge in [0.2, 0.25) is 5.91 Å². The molecule has 0 aromatic heterocycles. The quantitative estimate of drug-likeness (QED) is 0.0195. The summed E-state index contributed by atoms with van der Waals surface area (Å²) in [5.41, 5.74) is 0. The third-order valence-corrected chi connectivity index (χ3v) is 16.3. The topological polar surface area (TPSA) is 175 Å². The van der Waals surface area contributed by atoms with Crippen molar-refractivity contribution in [1.29, 1.82) is 0 Å². The summed E-state index contributed by atoms with van der Waals surface area (Å²) in [7, 11) is 0. The van der Waals surface area contributed by atoms with Gasteiger partial charge in [0.15, 0.2) is 12.4 Å². The highest BCUT2D eigenvalue weighted by atomic mass is 16.7. The lowest BCUT2D eigenvalue weighted by molar-refractivity contribution is -0.305. The Kier molecular flexibility index (Phi) is 56.9. The molecular formula is C73H131NO10. The van der Waals surface area contributed by atoms with Crippen LogP contribution in [0.15, 0.2) is 72.9 Å². The van der Waals surface area contributed by atoms with Crippen molar-refractivity contribution in [2.24, 2.45) is 0 Å². The molecule has 1 rings (SSSR count). The average molecular weight is 1180 g/mol. The summed E-state index contributed by atoms with van der Waals surface area (Å²) >= 11 is 0. The molecule has 1 heterocycles. The number of amides is 1. The third-order valence-electron chi connectivity index (χ3n) is 16.3. The number of aliphatic hydroxyl groups is 5. The molecule has 0 spiro atoms. The number of allylic oxidation sites excluding steroid dienone is 11. The minimum absolute atomic E-state index is 0.120. The molecule has 0 saturated carbocycles. The second-order valence-corrected chi connectivity index (χ2v) is 24.3. The van der Waals surface area contributed by atoms with E-state index in [-0.39, 0.29) is 19.4 Å². The SMILES string of the molecule is CCCCC/C=C\C/C=C\C/C=C\CCCCCCCCCCCC(O)C(=O)NC(COC1OC(CO)C(O)C(O)C1OC(=O)CCCCCCCCCCCCC/C=C\C/C=C\CCCCC)C(O)/C=C/CCCCCCCCCCCC. The highest BCUT2D eigenvalue weighted by Crippen LogP contribution is 2.26. The number of nitrogens with one attached hydrogen (secondary N) is 1. The molecular weight excluding hydrogens is 1050 g/mol. The van der Waals surface area contributed by atoms with Crippen molar-refractivity contribution in [1.82, 2.24) is 5.32 Å². The Bertz CT molecular complexity index is 1640. The maximum Gasteiger partial charge on any atom is 0.306 e. The number of hydrogen-bond donors (Lipinski definition) is 6. The maximum absolute atomic E-state index is 13.5. The van der Waals surface area contributed by atoms with E-state index in [0.29, 0.717) is 12.8 Å². The van der Waals surface area contributed by atoms with Gasteiger partial charge in [-0.15, -0.1) is 0 Å². The van der Waals surface area contributed by atoms with Crippen molar-refractivity contribution in [2.45, 2.75) is 365 Å². The fraction of sp³-hybridized carbons (Fsp3) is 0.808. The second kappa shape index (κ2) is 60.4. The molecule has 8 unspecified atom stereocenters. The minimum Gasteiger partial charge on any atom is -0.454 e. The molecule has 0 radical (unpaired) electrons. The predicted octanol–water partition coefficient (Wildman–Crippen LogP) is 17.9. The largest absolute Gasteiger partial charge is 0.454 e. The summed E-state index contributed by atoms with van der Waals surface area (Å²) in [5, 5.41) is 57.2. The number of hydrogen-bond acceptors (Lipinski definition) is 10. The Balaban J connectivity index is 2.59. The molecule has 6 N–H and O–H groups in total. The first-order valence-corrected chi connectivity index (χ1v) is 35.2. The highest BCUT2D eigenvalue weighted by Gasteiger charge is 2.47. The molecule has 1 aliphatic rings. The lowest BCUT2D eigenvalue weighted by atomic mass is 9.99. The average Bonchev–Trinajstić information content (AvgIpc) is 3.55. The number of aliphatic hydroxyl groups excluding tert-OH is 5. The third kappa shape index (κ3) is 47.2. The van der Waals surface area contributed by atoms with E-state index in [0.717, 1.165) is 83.5 Å². The molecule has 1 fully saturated rings. The first-order valence-electron chi connectivity index (χ1n) is 35.2. The highest BCUT2D eigenvalue weighted by molar-refractivity contribution is 5.80. The lowest BCUT2D eigenvalue weighted by Crippen LogP contribution is -2.61. The van der Waals surface area contributed by atoms with Crippen molar-refractivity contribution >= 4 is 11.9 Å². The Morgan fingerprint density at radius 1 is 0.464 bits per heavy atom. The summed E-state index contributed by atoms with van der Waals surface area (Å²) in [4.78, 5) is 26.7. The summed E-state index contributed by atoms with van der Waals surface area (Å²) in [5.74, 6) is -1.19. The first kappa shape index (κ1) is 79.1. The lowest BCUT2D eigenvalue weighted by Gasteiger charge is -2.41. The Morgan fingerprint density at radius 2 is 0.821 bits per heavy atom. The summed E-state index contributed by atoms with van der Waals surface area (Å²) < 4.78 is 17.7. The molecule has 11 heteroatoms. The van der Waals surface area contributed by atoms with Crippen LogP contribution in [-0.4, -0.2) is 99.6 Å². The van der Waals surface area contributed by atoms with Gasteiger partial charge < -0.3 is 45.1 Å². The van der Waals surface area contributed by atoms with Crippen LogP contribution in [0.4, 0.5) is 0 Å². The van der Waals surface area contributed by atoms with E-state index >= 15 is 0 Å². The molecule has 0 aromatic rings. The monoisotopic (exact) mass is 1180 g/mol. The summed E-state index contributed by atoms with van der Waals surface area (Å²) in [6, 6.07) is -1.03. The number of carbonyl (C=O) groups excluding carboxylic acids is 2. The summed E-state index contributed by atoms with van der Waals surface area (Å²) in [6.07, 6.45) is 67.9. The van der Waals surface area contributed by atoms with E-state index in [1.807, 2.05) is 6.08 Å². The predicted molar refractivity (Wildman–Crippen MR) is 352 cm³/mol. The molecule has 0 aliphatic carbocycles. The fourth-order valence-electron chi connectivity index (χ4n) is 10.7. The first-order chi connectivity index (χ1) is 41.2. The van der Waals surface area contributed by atoms with Crippen molar-refractivity contribution in [2.75, 3.05) is 13.2 Å². The standard InChI is InChI=1S/C73H131NO10/c1-4-7-10-13-16-19-22-25-27-29-31-33-35-36-38-40-42-45-48-51-54-57-60-66(77)72(81)74-64(65(76)59-56-53-50-47-44-24-21-18-15-12-9-6-3)63-82-73-71(70(80)69(79)67(62-75)83-73)84-68(78)61-58-55-52-49-46-43-41-39-37-34-32-30-28-26-23-20-17-14-11-8-5-2/h16-17,19-20,25-28,31,33,56,59,64-67,69-71,73,75-77,79-80H,4-15,18,21-24,29-30,32,34-55,57-58,60-63H2,1-3H3,(H,74,81)/b19-16-,20-17-,27-25-,28-26-,33-31-,59-56+. The van der Waals surface area contributed by atoms with E-state index in [9.17, 15) is 35.1 Å². The number of esters is 1. The number of ether oxygens (including phenoxy) is 3. The normalized spacial score (nSPS) is 18.9. The molecule has 8 atom stereocenters. The number of carbonyl (C=O) groups is 2. The van der Waals surface area contributed by atoms with Gasteiger partial charge in [0.25, 0.3) is 0 Å². The Hall–Kier alpha value is -2.90. The zero-order valence-electron chi connectivity index (χ0n) is 54.3. The maximum atomic E-state index is 13.5. The molecule has 11 nitrogen and oxygen atoms in total. The van der Waals surface area contributed by atoms with Gasteiger partial charge in [-0.25, -0.2) is 0 Å². The van der Waals surface area contributed by atoms with Gasteiger partial charge in [0, 0.05) is 6.42 Å². The van der Waals surface area contributed by atoms with Crippen LogP contribution in [0.2, 0.25) is 0 Å². The van der Waals surface area contributed by atoms with Crippen molar-refractivity contribution < 1.29 is 49.3 Å². The van der Waals surface area contributed by atoms with Crippen molar-refractivity contribution in [3.05, 3.63) is 72.9 Å². The molecule has 1 amide bonds. The minimum atomic E-state index is -1.62. The smallest absolute Gasteiger partial charge is 0.306 e. The Labute approximate surface area is 515 Å². The molecule has 488 valence electrons. The molecule has 0 aromatic carbocycles. The van der Waals surface area contributed by atoms with Crippen LogP contribution < -0.4 is 5.32 Å². The van der Waals surface area contributed by atoms with E-state index in [2.05, 4.69) is 86.8 Å². The molecule has 0 bridgehead atoms. The molecule has 1 aliphatic heterocycles. The molecule has 84 heavy (non-hydrogen) atoms. The van der Waals surface area contributed by atoms with Gasteiger partial charge in [0.1, 0.15) is 24.4 Å². The van der Waals surface area contributed by atoms with Gasteiger partial charge in [-0.05, 0) is 96.3 Å². The van der Waals surface area contributed by atoms with E-state index in [4.69, 9.17) is 14.2 Å². The van der Waals surface area contributed by atoms with Crippen LogP contribution in [0.25, 0.3) is 0 Å². The van der Waals surface area contributed by atoms with E-state index < -0.39 is 67.4 Å². The number of rotatable bonds is 60. The van der Waals surface area contributed by atoms with E-state index in [1.165, 1.54) is 186 Å². The van der Waals surface area contributed by atoms with Crippen LogP contribution >= 0.6 is 0 Å². The van der Waals surface area contributed by atoms with Crippen LogP contribution in [-0.2, 0) is 23.8 Å². The van der Waals surface area contributed by atoms with Crippen LogP contribution in [0.3, 0.4) is 0 Å². The van der Waals surface area contributed by atoms with Crippen LogP contribution in [0, 0.1) is 0 Å². The van der Waals surface area contributed by atoms with Crippen LogP contribution in [0.5, 0.6) is 0 Å². The summed E-state index contributed by atoms with van der Waals surface area (Å²) in [6.45, 7) is 5.76. The van der Waals surface area contributed by atoms with Gasteiger partial charge in [-0.3, -0.25) is 9.59 Å². The van der Waals surface area contributed by atoms with Gasteiger partial charge in [-0.1, -0.05) is 286 Å². The van der Waals surface area contributed by atoms with Crippen LogP contribution in [0.1, 0.15) is 316 Å². The van der Waals surface area contributed by atoms with Crippen molar-refractivity contribution in [3.63, 3.8) is 0 Å². The van der Waals surface area contributed by atoms with Gasteiger partial charge in [0.05, 0.1) is 25.4 Å².